The molecular formula is C13H12Cl2N4O. The van der Waals surface area contributed by atoms with Crippen molar-refractivity contribution in [3.8, 4) is 0 Å². The molecule has 0 saturated heterocycles. The van der Waals surface area contributed by atoms with Gasteiger partial charge >= 0.3 is 0 Å². The van der Waals surface area contributed by atoms with Gasteiger partial charge in [-0.1, -0.05) is 36.4 Å². The first-order valence-corrected chi connectivity index (χ1v) is 6.72. The van der Waals surface area contributed by atoms with Gasteiger partial charge in [0.2, 0.25) is 5.28 Å². The van der Waals surface area contributed by atoms with Gasteiger partial charge in [-0.05, 0) is 11.6 Å². The molecule has 1 N–H and O–H groups in total. The summed E-state index contributed by atoms with van der Waals surface area (Å²) in [6, 6.07) is 12.0. The van der Waals surface area contributed by atoms with E-state index >= 15 is 0 Å². The first-order chi connectivity index (χ1) is 9.63. The number of aromatic amines is 1. The van der Waals surface area contributed by atoms with Gasteiger partial charge < -0.3 is 4.57 Å². The van der Waals surface area contributed by atoms with Crippen molar-refractivity contribution in [2.45, 2.75) is 5.88 Å². The number of hydrogen-bond acceptors (Lipinski definition) is 3. The van der Waals surface area contributed by atoms with Crippen LogP contribution in [0, 0.1) is 0 Å². The maximum absolute atomic E-state index is 11.5. The Hall–Kier alpha value is -1.85. The molecule has 3 rings (SSSR count). The lowest BCUT2D eigenvalue weighted by Gasteiger charge is -1.95. The van der Waals surface area contributed by atoms with E-state index in [1.165, 1.54) is 0 Å². The van der Waals surface area contributed by atoms with Crippen LogP contribution in [0.2, 0.25) is 5.28 Å². The van der Waals surface area contributed by atoms with E-state index in [2.05, 4.69) is 15.0 Å². The molecule has 0 unspecified atom stereocenters. The molecule has 7 heteroatoms. The number of rotatable bonds is 1. The second-order valence-electron chi connectivity index (χ2n) is 3.90. The fourth-order valence-electron chi connectivity index (χ4n) is 1.64. The van der Waals surface area contributed by atoms with E-state index in [1.54, 1.807) is 11.6 Å². The summed E-state index contributed by atoms with van der Waals surface area (Å²) in [5.74, 6) is 0.811. The molecule has 104 valence electrons. The van der Waals surface area contributed by atoms with Crippen molar-refractivity contribution in [1.29, 1.82) is 0 Å². The number of alkyl halides is 1. The number of imidazole rings is 1. The van der Waals surface area contributed by atoms with Gasteiger partial charge in [0.15, 0.2) is 11.2 Å². The fourth-order valence-corrected chi connectivity index (χ4v) is 2.04. The van der Waals surface area contributed by atoms with Gasteiger partial charge in [-0.25, -0.2) is 4.98 Å². The van der Waals surface area contributed by atoms with Gasteiger partial charge in [-0.3, -0.25) is 9.78 Å². The number of nitrogens with zero attached hydrogens (tertiary/aromatic N) is 3. The number of aryl methyl sites for hydroxylation is 1. The first-order valence-electron chi connectivity index (χ1n) is 5.80. The van der Waals surface area contributed by atoms with Crippen molar-refractivity contribution < 1.29 is 0 Å². The van der Waals surface area contributed by atoms with E-state index in [1.807, 2.05) is 36.4 Å². The Morgan fingerprint density at radius 3 is 2.20 bits per heavy atom. The van der Waals surface area contributed by atoms with E-state index in [-0.39, 0.29) is 16.7 Å². The molecule has 0 atom stereocenters. The van der Waals surface area contributed by atoms with Crippen molar-refractivity contribution >= 4 is 34.4 Å². The van der Waals surface area contributed by atoms with Gasteiger partial charge in [0.1, 0.15) is 5.82 Å². The number of aromatic nitrogens is 4. The minimum absolute atomic E-state index is 0.0294. The summed E-state index contributed by atoms with van der Waals surface area (Å²) in [5.41, 5.74) is 0.383. The average Bonchev–Trinajstić information content (AvgIpc) is 2.77. The molecule has 5 nitrogen and oxygen atoms in total. The minimum Gasteiger partial charge on any atom is -0.324 e. The van der Waals surface area contributed by atoms with Crippen LogP contribution in [0.5, 0.6) is 0 Å². The molecule has 0 bridgehead atoms. The van der Waals surface area contributed by atoms with Crippen molar-refractivity contribution in [2.24, 2.45) is 7.05 Å². The van der Waals surface area contributed by atoms with Gasteiger partial charge in [-0.2, -0.15) is 4.98 Å². The summed E-state index contributed by atoms with van der Waals surface area (Å²) in [7, 11) is 1.71. The standard InChI is InChI=1S/C7H6Cl2N4O.C6H6/c1-13-3(2-8)10-5-4(13)6(14)12-7(9)11-5;1-2-4-6-5-3-1/h2H2,1H3,(H,11,12,14);1-6H. The molecule has 0 aliphatic carbocycles. The second kappa shape index (κ2) is 6.54. The van der Waals surface area contributed by atoms with Crippen molar-refractivity contribution in [3.63, 3.8) is 0 Å². The third-order valence-electron chi connectivity index (χ3n) is 2.59. The Labute approximate surface area is 125 Å². The summed E-state index contributed by atoms with van der Waals surface area (Å²) in [4.78, 5) is 21.8. The summed E-state index contributed by atoms with van der Waals surface area (Å²) < 4.78 is 1.60. The fraction of sp³-hybridized carbons (Fsp3) is 0.154. The summed E-state index contributed by atoms with van der Waals surface area (Å²) in [6.07, 6.45) is 0. The third-order valence-corrected chi connectivity index (χ3v) is 3.01. The smallest absolute Gasteiger partial charge is 0.278 e. The van der Waals surface area contributed by atoms with Crippen LogP contribution in [0.25, 0.3) is 11.2 Å². The molecule has 3 aromatic rings. The van der Waals surface area contributed by atoms with E-state index < -0.39 is 0 Å². The molecule has 0 aliphatic rings. The lowest BCUT2D eigenvalue weighted by Crippen LogP contribution is -2.11. The Kier molecular flexibility index (Phi) is 4.76. The highest BCUT2D eigenvalue weighted by atomic mass is 35.5. The Morgan fingerprint density at radius 1 is 1.15 bits per heavy atom. The zero-order valence-corrected chi connectivity index (χ0v) is 12.2. The number of halogens is 2. The van der Waals surface area contributed by atoms with Crippen LogP contribution in [0.1, 0.15) is 5.82 Å². The van der Waals surface area contributed by atoms with Crippen LogP contribution < -0.4 is 5.56 Å². The van der Waals surface area contributed by atoms with Crippen molar-refractivity contribution in [1.82, 2.24) is 19.5 Å². The predicted octanol–water partition coefficient (Wildman–Crippen LogP) is 2.74. The van der Waals surface area contributed by atoms with Crippen LogP contribution in [-0.4, -0.2) is 19.5 Å². The molecule has 0 fully saturated rings. The molecule has 1 aromatic carbocycles. The van der Waals surface area contributed by atoms with E-state index in [4.69, 9.17) is 23.2 Å². The SMILES string of the molecule is Cn1c(CCl)nc2nc(Cl)[nH]c(=O)c21.c1ccccc1. The molecule has 20 heavy (non-hydrogen) atoms. The Morgan fingerprint density at radius 2 is 1.70 bits per heavy atom. The monoisotopic (exact) mass is 310 g/mol. The lowest BCUT2D eigenvalue weighted by atomic mass is 10.4. The van der Waals surface area contributed by atoms with Gasteiger partial charge in [-0.15, -0.1) is 11.6 Å². The van der Waals surface area contributed by atoms with E-state index in [0.29, 0.717) is 17.0 Å². The van der Waals surface area contributed by atoms with Crippen LogP contribution in [0.4, 0.5) is 0 Å². The Bertz CT molecular complexity index is 725. The largest absolute Gasteiger partial charge is 0.324 e. The van der Waals surface area contributed by atoms with Crippen LogP contribution in [0.15, 0.2) is 41.2 Å². The average molecular weight is 311 g/mol. The van der Waals surface area contributed by atoms with Crippen LogP contribution in [-0.2, 0) is 12.9 Å². The van der Waals surface area contributed by atoms with Crippen LogP contribution >= 0.6 is 23.2 Å². The summed E-state index contributed by atoms with van der Waals surface area (Å²) in [5, 5.41) is 0.0294. The van der Waals surface area contributed by atoms with Gasteiger partial charge in [0.25, 0.3) is 5.56 Å². The Balaban J connectivity index is 0.000000205. The molecule has 2 aromatic heterocycles. The zero-order chi connectivity index (χ0) is 14.5. The maximum atomic E-state index is 11.5. The maximum Gasteiger partial charge on any atom is 0.278 e. The first kappa shape index (κ1) is 14.6. The van der Waals surface area contributed by atoms with Gasteiger partial charge in [0, 0.05) is 7.05 Å². The highest BCUT2D eigenvalue weighted by molar-refractivity contribution is 6.28. The van der Waals surface area contributed by atoms with Crippen molar-refractivity contribution in [3.05, 3.63) is 57.9 Å². The van der Waals surface area contributed by atoms with E-state index in [0.717, 1.165) is 0 Å². The second-order valence-corrected chi connectivity index (χ2v) is 4.53. The number of H-pyrrole nitrogens is 1. The highest BCUT2D eigenvalue weighted by Gasteiger charge is 2.11. The summed E-state index contributed by atoms with van der Waals surface area (Å²) in [6.45, 7) is 0. The minimum atomic E-state index is -0.314. The number of hydrogen-bond donors (Lipinski definition) is 1. The third kappa shape index (κ3) is 3.18. The van der Waals surface area contributed by atoms with E-state index in [9.17, 15) is 4.79 Å². The molecule has 0 amide bonds. The van der Waals surface area contributed by atoms with Crippen molar-refractivity contribution in [2.75, 3.05) is 0 Å². The molecule has 0 radical (unpaired) electrons. The molecule has 0 saturated carbocycles. The highest BCUT2D eigenvalue weighted by Crippen LogP contribution is 2.11. The molecular weight excluding hydrogens is 299 g/mol. The normalized spacial score (nSPS) is 10.2. The van der Waals surface area contributed by atoms with Crippen LogP contribution in [0.3, 0.4) is 0 Å². The topological polar surface area (TPSA) is 63.6 Å². The molecule has 0 aliphatic heterocycles. The predicted molar refractivity (Wildman–Crippen MR) is 80.1 cm³/mol. The molecule has 2 heterocycles. The quantitative estimate of drug-likeness (QED) is 0.555. The zero-order valence-electron chi connectivity index (χ0n) is 10.7. The number of nitrogens with one attached hydrogen (secondary N) is 1. The lowest BCUT2D eigenvalue weighted by molar-refractivity contribution is 0.868. The summed E-state index contributed by atoms with van der Waals surface area (Å²) >= 11 is 11.2. The molecule has 0 spiro atoms. The van der Waals surface area contributed by atoms with Gasteiger partial charge in [0.05, 0.1) is 5.88 Å². The number of fused-ring (bicyclic) bond motifs is 1. The number of benzene rings is 1.